The minimum atomic E-state index is -0.171. The molecule has 1 aliphatic heterocycles. The zero-order chi connectivity index (χ0) is 14.7. The van der Waals surface area contributed by atoms with Crippen molar-refractivity contribution in [3.63, 3.8) is 0 Å². The van der Waals surface area contributed by atoms with Crippen LogP contribution in [0.2, 0.25) is 0 Å². The summed E-state index contributed by atoms with van der Waals surface area (Å²) in [6, 6.07) is 10.0. The molecule has 0 spiro atoms. The Morgan fingerprint density at radius 2 is 2.14 bits per heavy atom. The van der Waals surface area contributed by atoms with E-state index in [4.69, 9.17) is 4.74 Å². The van der Waals surface area contributed by atoms with Crippen LogP contribution in [-0.2, 0) is 24.3 Å². The van der Waals surface area contributed by atoms with Crippen molar-refractivity contribution in [3.05, 3.63) is 51.9 Å². The Morgan fingerprint density at radius 1 is 1.33 bits per heavy atom. The molecule has 0 bridgehead atoms. The van der Waals surface area contributed by atoms with Gasteiger partial charge in [-0.2, -0.15) is 0 Å². The first kappa shape index (κ1) is 14.1. The van der Waals surface area contributed by atoms with E-state index in [9.17, 15) is 4.79 Å². The van der Waals surface area contributed by atoms with Crippen LogP contribution in [0.15, 0.2) is 30.3 Å². The molecule has 0 saturated heterocycles. The summed E-state index contributed by atoms with van der Waals surface area (Å²) in [4.78, 5) is 13.1. The van der Waals surface area contributed by atoms with Crippen molar-refractivity contribution >= 4 is 22.4 Å². The molecule has 21 heavy (non-hydrogen) atoms. The summed E-state index contributed by atoms with van der Waals surface area (Å²) in [5, 5.41) is 6.65. The van der Waals surface area contributed by atoms with Gasteiger partial charge in [-0.1, -0.05) is 29.8 Å². The van der Waals surface area contributed by atoms with Crippen LogP contribution in [-0.4, -0.2) is 12.6 Å². The van der Waals surface area contributed by atoms with Gasteiger partial charge >= 0.3 is 6.03 Å². The lowest BCUT2D eigenvalue weighted by Crippen LogP contribution is -2.27. The minimum Gasteiger partial charge on any atom is -0.376 e. The lowest BCUT2D eigenvalue weighted by atomic mass is 10.1. The Kier molecular flexibility index (Phi) is 4.22. The second-order valence-electron chi connectivity index (χ2n) is 5.15. The molecule has 0 atom stereocenters. The van der Waals surface area contributed by atoms with Gasteiger partial charge in [-0.3, -0.25) is 5.32 Å². The summed E-state index contributed by atoms with van der Waals surface area (Å²) < 4.78 is 5.41. The summed E-state index contributed by atoms with van der Waals surface area (Å²) in [5.41, 5.74) is 3.60. The van der Waals surface area contributed by atoms with Gasteiger partial charge in [0.2, 0.25) is 0 Å². The van der Waals surface area contributed by atoms with E-state index in [0.29, 0.717) is 13.2 Å². The van der Waals surface area contributed by atoms with Gasteiger partial charge in [0.15, 0.2) is 0 Å². The van der Waals surface area contributed by atoms with Gasteiger partial charge in [-0.05, 0) is 30.5 Å². The average molecular weight is 302 g/mol. The van der Waals surface area contributed by atoms with Crippen molar-refractivity contribution in [2.24, 2.45) is 0 Å². The van der Waals surface area contributed by atoms with E-state index in [2.05, 4.69) is 10.6 Å². The highest BCUT2D eigenvalue weighted by molar-refractivity contribution is 7.16. The second kappa shape index (κ2) is 6.28. The van der Waals surface area contributed by atoms with E-state index < -0.39 is 0 Å². The standard InChI is InChI=1S/C16H18N2O2S/c1-11-2-4-12(5-3-11)9-17-16(19)18-15-8-13-6-7-20-10-14(13)21-15/h2-5,8H,6-7,9-10H2,1H3,(H2,17,18,19). The number of amides is 2. The number of fused-ring (bicyclic) bond motifs is 1. The summed E-state index contributed by atoms with van der Waals surface area (Å²) >= 11 is 1.59. The Morgan fingerprint density at radius 3 is 2.90 bits per heavy atom. The molecule has 110 valence electrons. The van der Waals surface area contributed by atoms with Gasteiger partial charge in [0, 0.05) is 11.4 Å². The van der Waals surface area contributed by atoms with Crippen molar-refractivity contribution in [2.45, 2.75) is 26.5 Å². The van der Waals surface area contributed by atoms with E-state index in [1.165, 1.54) is 16.0 Å². The maximum absolute atomic E-state index is 11.9. The van der Waals surface area contributed by atoms with Crippen LogP contribution in [0, 0.1) is 6.92 Å². The van der Waals surface area contributed by atoms with Crippen molar-refractivity contribution in [1.29, 1.82) is 0 Å². The number of urea groups is 1. The Balaban J connectivity index is 1.54. The van der Waals surface area contributed by atoms with Gasteiger partial charge in [0.25, 0.3) is 0 Å². The van der Waals surface area contributed by atoms with Crippen LogP contribution in [0.25, 0.3) is 0 Å². The predicted octanol–water partition coefficient (Wildman–Crippen LogP) is 3.45. The van der Waals surface area contributed by atoms with Crippen molar-refractivity contribution in [3.8, 4) is 0 Å². The molecule has 1 aromatic heterocycles. The zero-order valence-corrected chi connectivity index (χ0v) is 12.8. The molecule has 2 amide bonds. The molecule has 4 nitrogen and oxygen atoms in total. The summed E-state index contributed by atoms with van der Waals surface area (Å²) in [5.74, 6) is 0. The number of hydrogen-bond acceptors (Lipinski definition) is 3. The number of carbonyl (C=O) groups excluding carboxylic acids is 1. The van der Waals surface area contributed by atoms with Crippen molar-refractivity contribution < 1.29 is 9.53 Å². The molecule has 0 fully saturated rings. The molecule has 2 aromatic rings. The van der Waals surface area contributed by atoms with E-state index in [-0.39, 0.29) is 6.03 Å². The van der Waals surface area contributed by atoms with E-state index in [0.717, 1.165) is 23.6 Å². The van der Waals surface area contributed by atoms with Crippen molar-refractivity contribution in [1.82, 2.24) is 5.32 Å². The molecule has 2 N–H and O–H groups in total. The maximum Gasteiger partial charge on any atom is 0.320 e. The number of hydrogen-bond donors (Lipinski definition) is 2. The molecule has 0 radical (unpaired) electrons. The van der Waals surface area contributed by atoms with Gasteiger partial charge in [0.05, 0.1) is 18.2 Å². The molecule has 1 aliphatic rings. The average Bonchev–Trinajstić information content (AvgIpc) is 2.88. The quantitative estimate of drug-likeness (QED) is 0.912. The molecular formula is C16H18N2O2S. The Labute approximate surface area is 128 Å². The monoisotopic (exact) mass is 302 g/mol. The van der Waals surface area contributed by atoms with E-state index in [1.807, 2.05) is 37.3 Å². The predicted molar refractivity (Wildman–Crippen MR) is 84.7 cm³/mol. The lowest BCUT2D eigenvalue weighted by Gasteiger charge is -2.10. The smallest absolute Gasteiger partial charge is 0.320 e. The molecule has 2 heterocycles. The SMILES string of the molecule is Cc1ccc(CNC(=O)Nc2cc3c(s2)COCC3)cc1. The number of carbonyl (C=O) groups is 1. The van der Waals surface area contributed by atoms with Crippen LogP contribution in [0.3, 0.4) is 0 Å². The van der Waals surface area contributed by atoms with Crippen LogP contribution in [0.4, 0.5) is 9.80 Å². The minimum absolute atomic E-state index is 0.171. The largest absolute Gasteiger partial charge is 0.376 e. The number of nitrogens with one attached hydrogen (secondary N) is 2. The first-order valence-electron chi connectivity index (χ1n) is 7.00. The van der Waals surface area contributed by atoms with Crippen LogP contribution in [0.1, 0.15) is 21.6 Å². The number of rotatable bonds is 3. The number of aryl methyl sites for hydroxylation is 1. The maximum atomic E-state index is 11.9. The highest BCUT2D eigenvalue weighted by Gasteiger charge is 2.14. The first-order valence-corrected chi connectivity index (χ1v) is 7.82. The summed E-state index contributed by atoms with van der Waals surface area (Å²) in [6.45, 7) is 4.00. The molecule has 0 saturated carbocycles. The normalized spacial score (nSPS) is 13.6. The van der Waals surface area contributed by atoms with E-state index >= 15 is 0 Å². The third-order valence-electron chi connectivity index (χ3n) is 3.46. The molecule has 0 aliphatic carbocycles. The van der Waals surface area contributed by atoms with Gasteiger partial charge in [0.1, 0.15) is 0 Å². The topological polar surface area (TPSA) is 50.4 Å². The van der Waals surface area contributed by atoms with Crippen LogP contribution in [0.5, 0.6) is 0 Å². The first-order chi connectivity index (χ1) is 10.2. The summed E-state index contributed by atoms with van der Waals surface area (Å²) in [6.07, 6.45) is 0.929. The number of anilines is 1. The van der Waals surface area contributed by atoms with Crippen LogP contribution < -0.4 is 10.6 Å². The third kappa shape index (κ3) is 3.62. The highest BCUT2D eigenvalue weighted by atomic mass is 32.1. The molecule has 1 aromatic carbocycles. The third-order valence-corrected chi connectivity index (χ3v) is 4.52. The highest BCUT2D eigenvalue weighted by Crippen LogP contribution is 2.30. The van der Waals surface area contributed by atoms with Gasteiger partial charge < -0.3 is 10.1 Å². The fraction of sp³-hybridized carbons (Fsp3) is 0.312. The molecule has 5 heteroatoms. The fourth-order valence-electron chi connectivity index (χ4n) is 2.25. The fourth-order valence-corrected chi connectivity index (χ4v) is 3.30. The lowest BCUT2D eigenvalue weighted by molar-refractivity contribution is 0.113. The Bertz CT molecular complexity index is 611. The summed E-state index contributed by atoms with van der Waals surface area (Å²) in [7, 11) is 0. The number of thiophene rings is 1. The molecular weight excluding hydrogens is 284 g/mol. The molecule has 3 rings (SSSR count). The number of benzene rings is 1. The zero-order valence-electron chi connectivity index (χ0n) is 11.9. The van der Waals surface area contributed by atoms with Crippen molar-refractivity contribution in [2.75, 3.05) is 11.9 Å². The van der Waals surface area contributed by atoms with E-state index in [1.54, 1.807) is 11.3 Å². The molecule has 0 unspecified atom stereocenters. The Hall–Kier alpha value is -1.85. The van der Waals surface area contributed by atoms with Gasteiger partial charge in [-0.25, -0.2) is 4.79 Å². The second-order valence-corrected chi connectivity index (χ2v) is 6.29. The number of ether oxygens (including phenoxy) is 1. The van der Waals surface area contributed by atoms with Gasteiger partial charge in [-0.15, -0.1) is 11.3 Å². The van der Waals surface area contributed by atoms with Crippen LogP contribution >= 0.6 is 11.3 Å².